The maximum absolute atomic E-state index is 11.3. The minimum absolute atomic E-state index is 0.257. The van der Waals surface area contributed by atoms with Gasteiger partial charge < -0.3 is 4.90 Å². The van der Waals surface area contributed by atoms with Gasteiger partial charge in [-0.1, -0.05) is 24.9 Å². The zero-order chi connectivity index (χ0) is 12.3. The minimum atomic E-state index is -2.80. The van der Waals surface area contributed by atoms with Crippen LogP contribution in [0.4, 0.5) is 5.69 Å². The Morgan fingerprint density at radius 1 is 1.18 bits per heavy atom. The Balaban J connectivity index is 2.03. The monoisotopic (exact) mass is 272 g/mol. The summed E-state index contributed by atoms with van der Waals surface area (Å²) in [5.41, 5.74) is 2.25. The smallest absolute Gasteiger partial charge is 0.153 e. The van der Waals surface area contributed by atoms with Gasteiger partial charge in [-0.2, -0.15) is 0 Å². The highest BCUT2D eigenvalue weighted by molar-refractivity contribution is 7.91. The van der Waals surface area contributed by atoms with Crippen LogP contribution in [-0.2, 0) is 16.4 Å². The van der Waals surface area contributed by atoms with Crippen LogP contribution in [0.1, 0.15) is 5.56 Å². The van der Waals surface area contributed by atoms with E-state index in [1.807, 2.05) is 24.3 Å². The van der Waals surface area contributed by atoms with Gasteiger partial charge in [-0.3, -0.25) is 4.72 Å². The molecule has 1 fully saturated rings. The summed E-state index contributed by atoms with van der Waals surface area (Å²) in [5, 5.41) is 0. The highest BCUT2D eigenvalue weighted by Gasteiger charge is 2.21. The predicted molar refractivity (Wildman–Crippen MR) is 73.1 cm³/mol. The van der Waals surface area contributed by atoms with Crippen LogP contribution in [0.3, 0.4) is 0 Å². The zero-order valence-electron chi connectivity index (χ0n) is 9.46. The van der Waals surface area contributed by atoms with E-state index in [2.05, 4.69) is 22.4 Å². The van der Waals surface area contributed by atoms with Crippen molar-refractivity contribution in [2.45, 2.75) is 6.54 Å². The molecule has 0 radical (unpaired) electrons. The average molecular weight is 272 g/mol. The molecule has 2 rings (SSSR count). The fraction of sp³-hybridized carbons (Fsp3) is 0.455. The van der Waals surface area contributed by atoms with Crippen LogP contribution in [0.15, 0.2) is 24.3 Å². The molecular weight excluding hydrogens is 256 g/mol. The van der Waals surface area contributed by atoms with Crippen molar-refractivity contribution in [3.05, 3.63) is 29.8 Å². The first kappa shape index (κ1) is 12.7. The van der Waals surface area contributed by atoms with E-state index in [0.29, 0.717) is 13.1 Å². The quantitative estimate of drug-likeness (QED) is 0.801. The van der Waals surface area contributed by atoms with Gasteiger partial charge in [0.15, 0.2) is 9.84 Å². The van der Waals surface area contributed by atoms with Gasteiger partial charge in [0.1, 0.15) is 0 Å². The second-order valence-electron chi connectivity index (χ2n) is 4.14. The molecular formula is C11H16N2O2S2. The van der Waals surface area contributed by atoms with E-state index < -0.39 is 9.84 Å². The van der Waals surface area contributed by atoms with Gasteiger partial charge >= 0.3 is 0 Å². The van der Waals surface area contributed by atoms with E-state index in [1.54, 1.807) is 0 Å². The van der Waals surface area contributed by atoms with Crippen molar-refractivity contribution in [2.24, 2.45) is 0 Å². The topological polar surface area (TPSA) is 49.4 Å². The highest BCUT2D eigenvalue weighted by atomic mass is 32.2. The highest BCUT2D eigenvalue weighted by Crippen LogP contribution is 2.18. The maximum atomic E-state index is 11.3. The molecule has 1 saturated heterocycles. The van der Waals surface area contributed by atoms with Gasteiger partial charge in [0, 0.05) is 25.3 Å². The second kappa shape index (κ2) is 5.29. The van der Waals surface area contributed by atoms with E-state index in [1.165, 1.54) is 0 Å². The number of hydrogen-bond donors (Lipinski definition) is 2. The Bertz CT molecular complexity index is 457. The fourth-order valence-corrected chi connectivity index (χ4v) is 3.27. The van der Waals surface area contributed by atoms with E-state index in [4.69, 9.17) is 0 Å². The lowest BCUT2D eigenvalue weighted by Gasteiger charge is -2.28. The van der Waals surface area contributed by atoms with E-state index in [-0.39, 0.29) is 11.5 Å². The van der Waals surface area contributed by atoms with Crippen molar-refractivity contribution in [1.29, 1.82) is 0 Å². The van der Waals surface area contributed by atoms with Crippen LogP contribution in [-0.4, -0.2) is 33.0 Å². The summed E-state index contributed by atoms with van der Waals surface area (Å²) in [6.45, 7) is 1.90. The molecule has 6 heteroatoms. The number of nitrogens with zero attached hydrogens (tertiary/aromatic N) is 1. The van der Waals surface area contributed by atoms with E-state index in [9.17, 15) is 8.42 Å². The third-order valence-electron chi connectivity index (χ3n) is 2.93. The van der Waals surface area contributed by atoms with Crippen molar-refractivity contribution in [2.75, 3.05) is 29.5 Å². The molecule has 4 nitrogen and oxygen atoms in total. The van der Waals surface area contributed by atoms with Gasteiger partial charge in [0.25, 0.3) is 0 Å². The first-order valence-corrected chi connectivity index (χ1v) is 7.79. The van der Waals surface area contributed by atoms with Crippen LogP contribution < -0.4 is 9.62 Å². The Hall–Kier alpha value is -0.720. The molecule has 1 heterocycles. The van der Waals surface area contributed by atoms with Crippen molar-refractivity contribution in [3.8, 4) is 0 Å². The largest absolute Gasteiger partial charge is 0.369 e. The Kier molecular flexibility index (Phi) is 3.96. The van der Waals surface area contributed by atoms with Gasteiger partial charge in [-0.15, -0.1) is 0 Å². The first-order chi connectivity index (χ1) is 8.11. The van der Waals surface area contributed by atoms with Crippen LogP contribution >= 0.6 is 12.8 Å². The molecule has 1 aliphatic heterocycles. The van der Waals surface area contributed by atoms with Gasteiger partial charge in [-0.05, 0) is 17.7 Å². The number of thiol groups is 1. The lowest BCUT2D eigenvalue weighted by Crippen LogP contribution is -2.40. The summed E-state index contributed by atoms with van der Waals surface area (Å²) >= 11 is 3.95. The minimum Gasteiger partial charge on any atom is -0.369 e. The standard InChI is InChI=1S/C11H16N2O2S2/c14-17(15)7-5-13(6-8-17)11-3-1-10(2-4-11)9-12-16/h1-4,12,16H,5-9H2. The third kappa shape index (κ3) is 3.37. The van der Waals surface area contributed by atoms with Crippen LogP contribution in [0, 0.1) is 0 Å². The van der Waals surface area contributed by atoms with Crippen LogP contribution in [0.5, 0.6) is 0 Å². The third-order valence-corrected chi connectivity index (χ3v) is 4.70. The number of sulfone groups is 1. The average Bonchev–Trinajstić information content (AvgIpc) is 2.31. The summed E-state index contributed by atoms with van der Waals surface area (Å²) in [4.78, 5) is 2.11. The zero-order valence-corrected chi connectivity index (χ0v) is 11.2. The molecule has 0 amide bonds. The molecule has 1 aromatic carbocycles. The van der Waals surface area contributed by atoms with Crippen molar-refractivity contribution in [3.63, 3.8) is 0 Å². The Morgan fingerprint density at radius 2 is 1.76 bits per heavy atom. The number of nitrogens with one attached hydrogen (secondary N) is 1. The number of hydrogen-bond acceptors (Lipinski definition) is 5. The molecule has 0 aliphatic carbocycles. The molecule has 17 heavy (non-hydrogen) atoms. The molecule has 0 bridgehead atoms. The molecule has 1 aliphatic rings. The van der Waals surface area contributed by atoms with Crippen LogP contribution in [0.2, 0.25) is 0 Å². The molecule has 0 aromatic heterocycles. The van der Waals surface area contributed by atoms with E-state index in [0.717, 1.165) is 17.8 Å². The summed E-state index contributed by atoms with van der Waals surface area (Å²) < 4.78 is 25.4. The van der Waals surface area contributed by atoms with Crippen LogP contribution in [0.25, 0.3) is 0 Å². The summed E-state index contributed by atoms with van der Waals surface area (Å²) in [6, 6.07) is 8.11. The fourth-order valence-electron chi connectivity index (χ4n) is 1.89. The molecule has 1 N–H and O–H groups in total. The number of anilines is 1. The lowest BCUT2D eigenvalue weighted by molar-refractivity contribution is 0.587. The molecule has 1 aromatic rings. The summed E-state index contributed by atoms with van der Waals surface area (Å²) in [7, 11) is -2.80. The van der Waals surface area contributed by atoms with Gasteiger partial charge in [0.05, 0.1) is 11.5 Å². The summed E-state index contributed by atoms with van der Waals surface area (Å²) in [5.74, 6) is 0.514. The predicted octanol–water partition coefficient (Wildman–Crippen LogP) is 0.856. The molecule has 0 unspecified atom stereocenters. The Labute approximate surface area is 107 Å². The van der Waals surface area contributed by atoms with Crippen molar-refractivity contribution < 1.29 is 8.42 Å². The second-order valence-corrected chi connectivity index (χ2v) is 6.76. The molecule has 0 saturated carbocycles. The normalized spacial score (nSPS) is 19.2. The maximum Gasteiger partial charge on any atom is 0.153 e. The van der Waals surface area contributed by atoms with Crippen molar-refractivity contribution in [1.82, 2.24) is 4.72 Å². The SMILES string of the molecule is O=S1(=O)CCN(c2ccc(CNS)cc2)CC1. The lowest BCUT2D eigenvalue weighted by atomic mass is 10.2. The van der Waals surface area contributed by atoms with Gasteiger partial charge in [-0.25, -0.2) is 8.42 Å². The first-order valence-electron chi connectivity index (χ1n) is 5.52. The molecule has 94 valence electrons. The Morgan fingerprint density at radius 3 is 2.29 bits per heavy atom. The summed E-state index contributed by atoms with van der Waals surface area (Å²) in [6.07, 6.45) is 0. The number of benzene rings is 1. The molecule has 0 atom stereocenters. The number of rotatable bonds is 3. The molecule has 0 spiro atoms. The van der Waals surface area contributed by atoms with E-state index >= 15 is 0 Å². The van der Waals surface area contributed by atoms with Gasteiger partial charge in [0.2, 0.25) is 0 Å². The van der Waals surface area contributed by atoms with Crippen molar-refractivity contribution >= 4 is 28.3 Å².